The van der Waals surface area contributed by atoms with Crippen molar-refractivity contribution in [3.63, 3.8) is 0 Å². The average molecular weight is 2190 g/mol. The lowest BCUT2D eigenvalue weighted by atomic mass is 10.1. The van der Waals surface area contributed by atoms with Gasteiger partial charge >= 0.3 is 17.1 Å². The molecule has 49 heteroatoms. The Hall–Kier alpha value is -6.30. The molecule has 0 spiro atoms. The Morgan fingerprint density at radius 3 is 1.35 bits per heavy atom. The second kappa shape index (κ2) is 61.7. The number of ether oxygens (including phenoxy) is 13. The van der Waals surface area contributed by atoms with Crippen LogP contribution in [0.5, 0.6) is 0 Å². The summed E-state index contributed by atoms with van der Waals surface area (Å²) in [4.78, 5) is 113. The van der Waals surface area contributed by atoms with Gasteiger partial charge in [-0.1, -0.05) is 110 Å². The minimum absolute atomic E-state index is 0. The summed E-state index contributed by atoms with van der Waals surface area (Å²) in [5.74, 6) is -0.983. The van der Waals surface area contributed by atoms with Crippen molar-refractivity contribution in [2.75, 3.05) is 179 Å². The first kappa shape index (κ1) is 131. The third kappa shape index (κ3) is 39.6. The Kier molecular flexibility index (Phi) is 55.1. The maximum Gasteiger partial charge on any atom is 0.335 e. The van der Waals surface area contributed by atoms with Crippen LogP contribution in [-0.2, 0) is 143 Å². The van der Waals surface area contributed by atoms with Gasteiger partial charge in [0.1, 0.15) is 94.8 Å². The maximum absolute atomic E-state index is 14.1. The van der Waals surface area contributed by atoms with E-state index in [0.717, 1.165) is 20.3 Å². The lowest BCUT2D eigenvalue weighted by Gasteiger charge is -2.41. The first-order chi connectivity index (χ1) is 68.5. The number of aliphatic hydroxyl groups excluding tert-OH is 2. The van der Waals surface area contributed by atoms with Crippen molar-refractivity contribution >= 4 is 59.0 Å². The van der Waals surface area contributed by atoms with Gasteiger partial charge in [-0.05, 0) is 131 Å². The molecule has 5 aromatic rings. The predicted octanol–water partition coefficient (Wildman–Crippen LogP) is 10.9. The molecule has 147 heavy (non-hydrogen) atoms. The number of rotatable bonds is 60. The van der Waals surface area contributed by atoms with Gasteiger partial charge in [0.05, 0.1) is 109 Å². The van der Waals surface area contributed by atoms with E-state index in [1.807, 2.05) is 112 Å². The topological polar surface area (TPSA) is 476 Å². The van der Waals surface area contributed by atoms with E-state index in [0.29, 0.717) is 13.1 Å². The number of carbonyl (C=O) groups is 2. The third-order valence-corrected chi connectivity index (χ3v) is 41.6. The zero-order valence-corrected chi connectivity index (χ0v) is 96.1. The molecule has 3 fully saturated rings. The van der Waals surface area contributed by atoms with Crippen LogP contribution in [0.3, 0.4) is 0 Å². The second-order valence-corrected chi connectivity index (χ2v) is 58.9. The van der Waals surface area contributed by atoms with Gasteiger partial charge in [-0.3, -0.25) is 56.4 Å². The van der Waals surface area contributed by atoms with E-state index in [4.69, 9.17) is 99.6 Å². The molecule has 19 atom stereocenters. The summed E-state index contributed by atoms with van der Waals surface area (Å²) in [6, 6.07) is 18.7. The monoisotopic (exact) mass is 2190 g/mol. The highest BCUT2D eigenvalue weighted by Crippen LogP contribution is 2.55. The first-order valence-corrected chi connectivity index (χ1v) is 62.9. The molecule has 4 unspecified atom stereocenters. The highest BCUT2D eigenvalue weighted by molar-refractivity contribution is 7.58. The number of Topliss-reactive ketones (excluding diaryl/α,β-unsaturated/α-hetero) is 1. The van der Waals surface area contributed by atoms with Crippen LogP contribution < -0.4 is 39.1 Å². The number of benzene rings is 2. The predicted molar refractivity (Wildman–Crippen MR) is 566 cm³/mol. The summed E-state index contributed by atoms with van der Waals surface area (Å²) in [6.07, 6.45) is -11.8. The highest BCUT2D eigenvalue weighted by atomic mass is 31.2. The van der Waals surface area contributed by atoms with Crippen molar-refractivity contribution in [3.8, 4) is 0 Å². The number of likely N-dealkylation sites (N-methyl/N-ethyl adjacent to an activating group) is 1. The molecular weight excluding hydrogens is 2030 g/mol. The van der Waals surface area contributed by atoms with Crippen LogP contribution in [0.2, 0.25) is 36.3 Å². The molecule has 3 aliphatic heterocycles. The molecule has 0 saturated carbocycles. The smallest absolute Gasteiger partial charge is 0.335 e. The Morgan fingerprint density at radius 2 is 0.952 bits per heavy atom. The van der Waals surface area contributed by atoms with E-state index < -0.39 is 204 Å². The largest absolute Gasteiger partial charge is 0.408 e. The van der Waals surface area contributed by atoms with Crippen LogP contribution in [0.4, 0.5) is 0 Å². The number of amides is 1. The zero-order valence-electron chi connectivity index (χ0n) is 90.5. The zero-order chi connectivity index (χ0) is 109. The molecule has 0 bridgehead atoms. The molecular formula is C98H168N10O33P4Si2. The molecule has 2 aromatic carbocycles. The molecule has 43 nitrogen and oxygen atoms in total. The average Bonchev–Trinajstić information content (AvgIpc) is 1.69. The standard InChI is InChI=1S/C34H55N2O12PSi.C32H58N6O11P2.C31H51N2O10PSi.CH4/c1-10-46-49(7,41)22-27(45-21-26(38)19-37)28-29(48-50(8,9)34(3,4)5)30(44-17-16-42-6)32(47-28)35-18-24(2)31(39)36(33(35)40)23-43-20-25-14-12-11-13-15-25;1-12-47-51(11,42)21-25(45-20-26(39)34-13-15-36(8)9)27-28(49-50(46-16-14-33-7)38(22(2)3)23(4)5)29(44-18-17-43-10)31(48-27)37-19-24(6)30(40)35-32(37)41;1-10-41-44(7,37)20-24(34)25-26(43-45(8,9)31(3,4)5)27(40-17-16-38-6)29(42-25)32-18-22(2)28(35)33(30(32)36)21-39-19-23-14-12-11-13-15-23;/h11-15,18,27-30,32,37H,10,16-17,19-23H2,1-9H3;19,22-23,25,27-29,31H,12-18,20-21H2,1-6,8-11H3,(H,34,39)(H,35,40,41);11-15,18,24-27,29,34H,10,16-17,19-21H2,1-9H3;1H4/t27-,28-,29-,30-,32-,49?;25-,27-,28-,29-,31-,50?,51?;24-,25-,26-,27-,29-,44?;/m111./s1. The number of hydrogen-bond acceptors (Lipinski definition) is 35. The van der Waals surface area contributed by atoms with Crippen LogP contribution in [0.1, 0.15) is 144 Å². The van der Waals surface area contributed by atoms with Crippen molar-refractivity contribution < 1.29 is 127 Å². The quantitative estimate of drug-likeness (QED) is 0.0122. The van der Waals surface area contributed by atoms with E-state index in [2.05, 4.69) is 82.9 Å². The minimum Gasteiger partial charge on any atom is -0.408 e. The molecule has 3 saturated heterocycles. The fourth-order valence-electron chi connectivity index (χ4n) is 15.7. The number of methoxy groups -OCH3 is 3. The van der Waals surface area contributed by atoms with Crippen LogP contribution in [-0.4, -0.2) is 341 Å². The molecule has 1 amide bonds. The summed E-state index contributed by atoms with van der Waals surface area (Å²) in [7, 11) is -8.46. The van der Waals surface area contributed by atoms with Crippen molar-refractivity contribution in [1.82, 2.24) is 42.7 Å². The Balaban J connectivity index is 0.000000387. The van der Waals surface area contributed by atoms with Gasteiger partial charge in [0.15, 0.2) is 41.1 Å². The summed E-state index contributed by atoms with van der Waals surface area (Å²) in [5.41, 5.74) is -1.11. The summed E-state index contributed by atoms with van der Waals surface area (Å²) in [5, 5.41) is 23.3. The lowest BCUT2D eigenvalue weighted by molar-refractivity contribution is -0.136. The van der Waals surface area contributed by atoms with Gasteiger partial charge in [-0.2, -0.15) is 0 Å². The fourth-order valence-corrected chi connectivity index (χ4v) is 24.9. The number of carbonyl (C=O) groups excluding carboxylic acids is 2. The van der Waals surface area contributed by atoms with E-state index in [-0.39, 0.29) is 164 Å². The van der Waals surface area contributed by atoms with Crippen molar-refractivity contribution in [3.05, 3.63) is 181 Å². The van der Waals surface area contributed by atoms with Gasteiger partial charge in [-0.15, -0.1) is 0 Å². The van der Waals surface area contributed by atoms with E-state index >= 15 is 0 Å². The Bertz CT molecular complexity index is 5420. The fraction of sp³-hybridized carbons (Fsp3) is 0.724. The normalized spacial score (nSPS) is 21.9. The molecule has 3 aliphatic rings. The SMILES string of the molecule is C.CCOP(C)(=O)C[C@@H](O)[C@H]1O[C@@H](n2cc(C)c(=O)n(COCc3ccccc3)c2=O)[C@H](OCCOC)[C@@H]1O[Si](C)(C)C(C)(C)C.CCOP(C)(=O)C[C@@H](OCC(=O)CO)[C@H]1O[C@@H](n2cc(C)c(=O)n(COCc3ccccc3)c2=O)[C@H](OCCOC)[C@@H]1O[Si](C)(C)C(C)(C)C.[C-]#[N+]CCOP(O[C@H]1[C@@H](OCCOC)[C@H](n2cc(C)c(=O)[nH]c2=O)O[C@@H]1[C@@H](CP(C)(=O)OCC)OCC(=O)NCCN(C)C)N(C(C)C)C(C)C. The van der Waals surface area contributed by atoms with Crippen LogP contribution in [0.25, 0.3) is 4.85 Å². The molecule has 836 valence electrons. The molecule has 6 heterocycles. The van der Waals surface area contributed by atoms with Gasteiger partial charge < -0.3 is 118 Å². The van der Waals surface area contributed by atoms with Crippen LogP contribution in [0.15, 0.2) is 108 Å². The second-order valence-electron chi connectivity index (χ2n) is 40.1. The molecule has 8 rings (SSSR count). The molecule has 0 radical (unpaired) electrons. The first-order valence-electron chi connectivity index (χ1n) is 49.2. The van der Waals surface area contributed by atoms with Crippen molar-refractivity contribution in [2.24, 2.45) is 0 Å². The third-order valence-electron chi connectivity index (χ3n) is 25.0. The number of aromatic amines is 1. The van der Waals surface area contributed by atoms with E-state index in [1.54, 1.807) is 48.7 Å². The Morgan fingerprint density at radius 1 is 0.565 bits per heavy atom. The molecule has 3 aromatic heterocycles. The Labute approximate surface area is 869 Å². The summed E-state index contributed by atoms with van der Waals surface area (Å²) in [6.45, 7) is 51.3. The minimum atomic E-state index is -3.33. The van der Waals surface area contributed by atoms with Crippen LogP contribution in [0, 0.1) is 27.3 Å². The lowest BCUT2D eigenvalue weighted by Crippen LogP contribution is -2.53. The van der Waals surface area contributed by atoms with Gasteiger partial charge in [0.2, 0.25) is 34.6 Å². The van der Waals surface area contributed by atoms with E-state index in [9.17, 15) is 62.3 Å². The number of H-pyrrole nitrogens is 1. The van der Waals surface area contributed by atoms with Gasteiger partial charge in [0, 0.05) is 102 Å². The maximum atomic E-state index is 14.1. The highest BCUT2D eigenvalue weighted by Gasteiger charge is 2.59. The van der Waals surface area contributed by atoms with Crippen molar-refractivity contribution in [1.29, 1.82) is 0 Å². The number of hydrogen-bond donors (Lipinski definition) is 4. The van der Waals surface area contributed by atoms with Crippen molar-refractivity contribution in [2.45, 2.75) is 285 Å². The molecule has 0 aliphatic carbocycles. The number of aromatic nitrogens is 6. The number of aliphatic hydroxyl groups is 2. The molecule has 4 N–H and O–H groups in total. The summed E-state index contributed by atoms with van der Waals surface area (Å²) >= 11 is 0. The van der Waals surface area contributed by atoms with Crippen LogP contribution >= 0.6 is 30.6 Å². The number of aryl methyl sites for hydroxylation is 3. The van der Waals surface area contributed by atoms with Gasteiger partial charge in [0.25, 0.3) is 25.2 Å². The van der Waals surface area contributed by atoms with Gasteiger partial charge in [-0.25, -0.2) is 34.8 Å². The van der Waals surface area contributed by atoms with E-state index in [1.165, 1.54) is 66.5 Å². The number of ketones is 1. The number of nitrogens with zero attached hydrogens (tertiary/aromatic N) is 8. The number of nitrogens with one attached hydrogen (secondary N) is 2. The summed E-state index contributed by atoms with van der Waals surface area (Å²) < 4.78 is 170.